The van der Waals surface area contributed by atoms with Crippen LogP contribution in [0, 0.1) is 0 Å². The number of hydrogen-bond acceptors (Lipinski definition) is 4. The van der Waals surface area contributed by atoms with Gasteiger partial charge >= 0.3 is 0 Å². The van der Waals surface area contributed by atoms with E-state index in [2.05, 4.69) is 53.0 Å². The van der Waals surface area contributed by atoms with Crippen molar-refractivity contribution in [2.45, 2.75) is 44.9 Å². The van der Waals surface area contributed by atoms with E-state index in [1.807, 2.05) is 13.8 Å². The van der Waals surface area contributed by atoms with Crippen LogP contribution in [0.5, 0.6) is 0 Å². The van der Waals surface area contributed by atoms with Crippen LogP contribution in [0.2, 0.25) is 0 Å². The maximum absolute atomic E-state index is 4.73. The molecule has 1 aromatic carbocycles. The smallest absolute Gasteiger partial charge is 0.140 e. The number of hydrogen-bond donors (Lipinski definition) is 0. The lowest BCUT2D eigenvalue weighted by Gasteiger charge is -2.46. The minimum Gasteiger partial charge on any atom is -0.325 e. The van der Waals surface area contributed by atoms with E-state index in [0.717, 1.165) is 31.9 Å². The van der Waals surface area contributed by atoms with Crippen molar-refractivity contribution in [1.82, 2.24) is 14.9 Å². The van der Waals surface area contributed by atoms with Crippen LogP contribution in [0.1, 0.15) is 49.9 Å². The maximum Gasteiger partial charge on any atom is 0.140 e. The lowest BCUT2D eigenvalue weighted by atomic mass is 9.76. The van der Waals surface area contributed by atoms with E-state index in [1.54, 1.807) is 6.33 Å². The van der Waals surface area contributed by atoms with Gasteiger partial charge in [0.05, 0.1) is 0 Å². The van der Waals surface area contributed by atoms with Gasteiger partial charge in [-0.25, -0.2) is 9.97 Å². The van der Waals surface area contributed by atoms with Crippen LogP contribution in [0.15, 0.2) is 30.6 Å². The average Bonchev–Trinajstić information content (AvgIpc) is 3.16. The fourth-order valence-electron chi connectivity index (χ4n) is 4.91. The van der Waals surface area contributed by atoms with Gasteiger partial charge in [-0.05, 0) is 37.4 Å². The summed E-state index contributed by atoms with van der Waals surface area (Å²) >= 11 is 0. The lowest BCUT2D eigenvalue weighted by Crippen LogP contribution is -2.59. The predicted molar refractivity (Wildman–Crippen MR) is 103 cm³/mol. The Morgan fingerprint density at radius 3 is 2.60 bits per heavy atom. The van der Waals surface area contributed by atoms with Crippen LogP contribution in [0.25, 0.3) is 0 Å². The van der Waals surface area contributed by atoms with Crippen LogP contribution in [0.3, 0.4) is 0 Å². The fraction of sp³-hybridized carbons (Fsp3) is 0.524. The Kier molecular flexibility index (Phi) is 4.03. The zero-order valence-electron chi connectivity index (χ0n) is 15.8. The lowest BCUT2D eigenvalue weighted by molar-refractivity contribution is 0.107. The number of benzene rings is 1. The van der Waals surface area contributed by atoms with Crippen molar-refractivity contribution < 1.29 is 0 Å². The van der Waals surface area contributed by atoms with Crippen LogP contribution in [0.4, 0.5) is 11.5 Å². The zero-order chi connectivity index (χ0) is 17.6. The van der Waals surface area contributed by atoms with Gasteiger partial charge in [-0.1, -0.05) is 39.0 Å². The first kappa shape index (κ1) is 16.5. The van der Waals surface area contributed by atoms with Gasteiger partial charge in [0.2, 0.25) is 0 Å². The molecule has 1 aliphatic carbocycles. The molecule has 2 aromatic rings. The summed E-state index contributed by atoms with van der Waals surface area (Å²) in [4.78, 5) is 14.1. The molecule has 0 amide bonds. The molecule has 0 saturated carbocycles. The van der Waals surface area contributed by atoms with Crippen molar-refractivity contribution in [3.05, 3.63) is 47.4 Å². The summed E-state index contributed by atoms with van der Waals surface area (Å²) in [5.41, 5.74) is 5.76. The fourth-order valence-corrected chi connectivity index (χ4v) is 4.91. The van der Waals surface area contributed by atoms with E-state index in [1.165, 1.54) is 28.9 Å². The van der Waals surface area contributed by atoms with Crippen LogP contribution >= 0.6 is 0 Å². The number of likely N-dealkylation sites (tertiary alicyclic amines) is 1. The number of fused-ring (bicyclic) bond motifs is 3. The van der Waals surface area contributed by atoms with Crippen molar-refractivity contribution in [3.8, 4) is 0 Å². The average molecular weight is 336 g/mol. The minimum absolute atomic E-state index is 0.283. The molecule has 1 spiro atoms. The van der Waals surface area contributed by atoms with Crippen molar-refractivity contribution in [2.75, 3.05) is 31.6 Å². The van der Waals surface area contributed by atoms with Crippen molar-refractivity contribution >= 4 is 11.5 Å². The second kappa shape index (κ2) is 6.10. The molecule has 5 rings (SSSR count). The number of nitrogens with zero attached hydrogens (tertiary/aromatic N) is 4. The van der Waals surface area contributed by atoms with Gasteiger partial charge in [0.15, 0.2) is 0 Å². The normalized spacial score (nSPS) is 22.9. The molecule has 2 aliphatic heterocycles. The van der Waals surface area contributed by atoms with Gasteiger partial charge in [-0.2, -0.15) is 0 Å². The molecule has 25 heavy (non-hydrogen) atoms. The Balaban J connectivity index is 0.000000758. The number of aryl methyl sites for hydroxylation is 1. The molecular formula is C21H28N4. The van der Waals surface area contributed by atoms with E-state index < -0.39 is 0 Å². The van der Waals surface area contributed by atoms with Crippen molar-refractivity contribution in [1.29, 1.82) is 0 Å². The molecule has 0 bridgehead atoms. The SMILES string of the molecule is CC.C[C@@H]1CCc2ncnc(N3CC4(CN(C)C4)c4ccccc43)c21. The van der Waals surface area contributed by atoms with E-state index >= 15 is 0 Å². The van der Waals surface area contributed by atoms with Crippen LogP contribution in [-0.2, 0) is 11.8 Å². The first-order valence-corrected chi connectivity index (χ1v) is 9.57. The summed E-state index contributed by atoms with van der Waals surface area (Å²) in [7, 11) is 2.21. The highest BCUT2D eigenvalue weighted by molar-refractivity contribution is 5.74. The molecule has 0 unspecified atom stereocenters. The van der Waals surface area contributed by atoms with E-state index in [0.29, 0.717) is 5.92 Å². The number of aromatic nitrogens is 2. The van der Waals surface area contributed by atoms with Crippen LogP contribution in [-0.4, -0.2) is 41.5 Å². The standard InChI is InChI=1S/C19H22N4.C2H6/c1-13-7-8-15-17(13)18(21-12-20-15)23-11-19(9-22(2)10-19)14-5-3-4-6-16(14)23;1-2/h3-6,12-13H,7-11H2,1-2H3;1-2H3/t13-;/m1./s1. The molecule has 132 valence electrons. The van der Waals surface area contributed by atoms with Crippen molar-refractivity contribution in [2.24, 2.45) is 0 Å². The van der Waals surface area contributed by atoms with Gasteiger partial charge in [-0.15, -0.1) is 0 Å². The predicted octanol–water partition coefficient (Wildman–Crippen LogP) is 3.89. The summed E-state index contributed by atoms with van der Waals surface area (Å²) in [6.45, 7) is 9.65. The maximum atomic E-state index is 4.73. The molecule has 3 heterocycles. The highest BCUT2D eigenvalue weighted by Gasteiger charge is 2.50. The molecule has 4 heteroatoms. The summed E-state index contributed by atoms with van der Waals surface area (Å²) in [6, 6.07) is 8.90. The van der Waals surface area contributed by atoms with Gasteiger partial charge in [-0.3, -0.25) is 0 Å². The number of para-hydroxylation sites is 1. The zero-order valence-corrected chi connectivity index (χ0v) is 15.8. The summed E-state index contributed by atoms with van der Waals surface area (Å²) < 4.78 is 0. The molecule has 1 atom stereocenters. The van der Waals surface area contributed by atoms with Crippen LogP contribution < -0.4 is 4.90 Å². The molecule has 0 N–H and O–H groups in total. The highest BCUT2D eigenvalue weighted by Crippen LogP contribution is 2.50. The summed E-state index contributed by atoms with van der Waals surface area (Å²) in [6.07, 6.45) is 4.05. The molecule has 1 saturated heterocycles. The van der Waals surface area contributed by atoms with Gasteiger partial charge in [0, 0.05) is 42.0 Å². The number of anilines is 2. The molecular weight excluding hydrogens is 308 g/mol. The Bertz CT molecular complexity index is 779. The molecule has 3 aliphatic rings. The minimum atomic E-state index is 0.283. The summed E-state index contributed by atoms with van der Waals surface area (Å²) in [5.74, 6) is 1.72. The third kappa shape index (κ3) is 2.38. The second-order valence-corrected chi connectivity index (χ2v) is 7.55. The van der Waals surface area contributed by atoms with E-state index in [-0.39, 0.29) is 5.41 Å². The quantitative estimate of drug-likeness (QED) is 0.791. The molecule has 4 nitrogen and oxygen atoms in total. The molecule has 1 aromatic heterocycles. The largest absolute Gasteiger partial charge is 0.325 e. The van der Waals surface area contributed by atoms with Gasteiger partial charge in [0.1, 0.15) is 12.1 Å². The van der Waals surface area contributed by atoms with E-state index in [9.17, 15) is 0 Å². The number of rotatable bonds is 1. The van der Waals surface area contributed by atoms with Crippen molar-refractivity contribution in [3.63, 3.8) is 0 Å². The van der Waals surface area contributed by atoms with E-state index in [4.69, 9.17) is 4.98 Å². The number of likely N-dealkylation sites (N-methyl/N-ethyl adjacent to an activating group) is 1. The van der Waals surface area contributed by atoms with Gasteiger partial charge < -0.3 is 9.80 Å². The second-order valence-electron chi connectivity index (χ2n) is 7.55. The first-order valence-electron chi connectivity index (χ1n) is 9.57. The Hall–Kier alpha value is -1.94. The molecule has 1 fully saturated rings. The summed E-state index contributed by atoms with van der Waals surface area (Å²) in [5, 5.41) is 0. The topological polar surface area (TPSA) is 32.3 Å². The highest BCUT2D eigenvalue weighted by atomic mass is 15.3. The Labute approximate surface area is 150 Å². The Morgan fingerprint density at radius 2 is 1.84 bits per heavy atom. The van der Waals surface area contributed by atoms with Gasteiger partial charge in [0.25, 0.3) is 0 Å². The Morgan fingerprint density at radius 1 is 1.08 bits per heavy atom. The third-order valence-electron chi connectivity index (χ3n) is 5.88. The molecule has 0 radical (unpaired) electrons. The monoisotopic (exact) mass is 336 g/mol. The third-order valence-corrected chi connectivity index (χ3v) is 5.88. The first-order chi connectivity index (χ1) is 12.2.